The molecule has 0 aliphatic heterocycles. The second-order valence-corrected chi connectivity index (χ2v) is 8.70. The van der Waals surface area contributed by atoms with Crippen molar-refractivity contribution in [1.29, 1.82) is 0 Å². The molecule has 0 amide bonds. The predicted octanol–water partition coefficient (Wildman–Crippen LogP) is 4.50. The number of halogens is 1. The van der Waals surface area contributed by atoms with Crippen molar-refractivity contribution in [1.82, 2.24) is 4.31 Å². The molecule has 0 radical (unpaired) electrons. The number of nitrogens with one attached hydrogen (secondary N) is 2. The number of rotatable bonds is 7. The minimum atomic E-state index is -3.60. The molecule has 0 spiro atoms. The van der Waals surface area contributed by atoms with Gasteiger partial charge in [0.25, 0.3) is 0 Å². The Morgan fingerprint density at radius 2 is 1.79 bits per heavy atom. The number of methoxy groups -OCH3 is 1. The van der Waals surface area contributed by atoms with E-state index in [1.54, 1.807) is 26.0 Å². The molecule has 0 fully saturated rings. The van der Waals surface area contributed by atoms with E-state index < -0.39 is 10.0 Å². The van der Waals surface area contributed by atoms with E-state index in [0.717, 1.165) is 11.3 Å². The van der Waals surface area contributed by atoms with Gasteiger partial charge in [0.2, 0.25) is 10.0 Å². The summed E-state index contributed by atoms with van der Waals surface area (Å²) in [6, 6.07) is 10.1. The first-order valence-electron chi connectivity index (χ1n) is 8.75. The molecule has 6 nitrogen and oxygen atoms in total. The molecule has 0 atom stereocenters. The van der Waals surface area contributed by atoms with Crippen LogP contribution in [-0.2, 0) is 10.0 Å². The molecule has 2 aromatic rings. The molecule has 0 unspecified atom stereocenters. The van der Waals surface area contributed by atoms with E-state index in [-0.39, 0.29) is 4.90 Å². The van der Waals surface area contributed by atoms with Crippen LogP contribution < -0.4 is 15.4 Å². The van der Waals surface area contributed by atoms with Crippen molar-refractivity contribution >= 4 is 50.3 Å². The van der Waals surface area contributed by atoms with Gasteiger partial charge in [-0.2, -0.15) is 4.31 Å². The van der Waals surface area contributed by atoms with Gasteiger partial charge >= 0.3 is 0 Å². The third-order valence-electron chi connectivity index (χ3n) is 4.28. The Morgan fingerprint density at radius 1 is 1.14 bits per heavy atom. The topological polar surface area (TPSA) is 70.7 Å². The number of ether oxygens (including phenoxy) is 1. The summed E-state index contributed by atoms with van der Waals surface area (Å²) in [5.74, 6) is 0.477. The summed E-state index contributed by atoms with van der Waals surface area (Å²) in [6.07, 6.45) is 0. The van der Waals surface area contributed by atoms with Crippen LogP contribution in [0.2, 0.25) is 5.02 Å². The van der Waals surface area contributed by atoms with Gasteiger partial charge in [-0.3, -0.25) is 0 Å². The fourth-order valence-corrected chi connectivity index (χ4v) is 4.56. The molecule has 0 aromatic heterocycles. The highest BCUT2D eigenvalue weighted by molar-refractivity contribution is 7.89. The Bertz CT molecular complexity index is 961. The summed E-state index contributed by atoms with van der Waals surface area (Å²) >= 11 is 11.5. The molecule has 2 rings (SSSR count). The predicted molar refractivity (Wildman–Crippen MR) is 119 cm³/mol. The monoisotopic (exact) mass is 441 g/mol. The molecule has 2 N–H and O–H groups in total. The Hall–Kier alpha value is -1.87. The van der Waals surface area contributed by atoms with Gasteiger partial charge in [0.1, 0.15) is 5.75 Å². The van der Waals surface area contributed by atoms with E-state index in [1.165, 1.54) is 23.5 Å². The van der Waals surface area contributed by atoms with Crippen molar-refractivity contribution in [2.45, 2.75) is 25.7 Å². The lowest BCUT2D eigenvalue weighted by Crippen LogP contribution is -2.30. The Balaban J connectivity index is 2.31. The van der Waals surface area contributed by atoms with E-state index in [9.17, 15) is 8.42 Å². The largest absolute Gasteiger partial charge is 0.495 e. The van der Waals surface area contributed by atoms with Gasteiger partial charge in [-0.15, -0.1) is 0 Å². The van der Waals surface area contributed by atoms with Gasteiger partial charge in [-0.1, -0.05) is 31.5 Å². The van der Waals surface area contributed by atoms with Crippen molar-refractivity contribution in [3.63, 3.8) is 0 Å². The van der Waals surface area contributed by atoms with Gasteiger partial charge in [0.05, 0.1) is 17.7 Å². The molecule has 0 saturated heterocycles. The molecular formula is C19H24ClN3O3S2. The number of nitrogens with zero attached hydrogens (tertiary/aromatic N) is 1. The Morgan fingerprint density at radius 3 is 2.39 bits per heavy atom. The van der Waals surface area contributed by atoms with Crippen LogP contribution in [0.4, 0.5) is 11.4 Å². The van der Waals surface area contributed by atoms with Crippen LogP contribution >= 0.6 is 23.8 Å². The summed E-state index contributed by atoms with van der Waals surface area (Å²) in [4.78, 5) is 0.168. The lowest BCUT2D eigenvalue weighted by atomic mass is 10.2. The van der Waals surface area contributed by atoms with Crippen molar-refractivity contribution in [2.75, 3.05) is 30.8 Å². The normalized spacial score (nSPS) is 11.4. The first-order chi connectivity index (χ1) is 13.2. The van der Waals surface area contributed by atoms with Gasteiger partial charge in [-0.25, -0.2) is 8.42 Å². The average Bonchev–Trinajstić information content (AvgIpc) is 2.66. The summed E-state index contributed by atoms with van der Waals surface area (Å²) in [5.41, 5.74) is 2.07. The summed E-state index contributed by atoms with van der Waals surface area (Å²) in [6.45, 7) is 6.26. The zero-order valence-corrected chi connectivity index (χ0v) is 18.6. The van der Waals surface area contributed by atoms with Crippen molar-refractivity contribution in [2.24, 2.45) is 0 Å². The molecule has 0 heterocycles. The average molecular weight is 442 g/mol. The maximum atomic E-state index is 12.8. The van der Waals surface area contributed by atoms with Crippen LogP contribution in [0.3, 0.4) is 0 Å². The second kappa shape index (κ2) is 9.56. The van der Waals surface area contributed by atoms with Crippen LogP contribution in [0.25, 0.3) is 0 Å². The number of thiocarbonyl (C=S) groups is 1. The van der Waals surface area contributed by atoms with E-state index in [2.05, 4.69) is 10.6 Å². The summed E-state index contributed by atoms with van der Waals surface area (Å²) in [5, 5.41) is 7.00. The smallest absolute Gasteiger partial charge is 0.243 e. The van der Waals surface area contributed by atoms with Crippen LogP contribution in [0, 0.1) is 6.92 Å². The highest BCUT2D eigenvalue weighted by atomic mass is 35.5. The van der Waals surface area contributed by atoms with Gasteiger partial charge in [-0.05, 0) is 55.0 Å². The third-order valence-corrected chi connectivity index (χ3v) is 6.94. The lowest BCUT2D eigenvalue weighted by Gasteiger charge is -2.20. The quantitative estimate of drug-likeness (QED) is 0.616. The number of hydrogen-bond acceptors (Lipinski definition) is 4. The molecule has 0 saturated carbocycles. The highest BCUT2D eigenvalue weighted by Gasteiger charge is 2.23. The minimum absolute atomic E-state index is 0.168. The van der Waals surface area contributed by atoms with Crippen molar-refractivity contribution < 1.29 is 13.2 Å². The zero-order valence-electron chi connectivity index (χ0n) is 16.2. The molecule has 2 aromatic carbocycles. The maximum absolute atomic E-state index is 12.8. The standard InChI is InChI=1S/C19H24ClN3O3S2/c1-5-23(6-2)28(24,25)14-10-11-18(26-4)17(12-14)22-19(27)21-16-9-7-8-15(20)13(16)3/h7-12H,5-6H2,1-4H3,(H2,21,22,27). The first kappa shape index (κ1) is 22.4. The fraction of sp³-hybridized carbons (Fsp3) is 0.316. The minimum Gasteiger partial charge on any atom is -0.495 e. The highest BCUT2D eigenvalue weighted by Crippen LogP contribution is 2.29. The lowest BCUT2D eigenvalue weighted by molar-refractivity contribution is 0.416. The Kier molecular flexibility index (Phi) is 7.65. The van der Waals surface area contributed by atoms with Crippen LogP contribution in [0.1, 0.15) is 19.4 Å². The van der Waals surface area contributed by atoms with E-state index in [4.69, 9.17) is 28.6 Å². The van der Waals surface area contributed by atoms with Gasteiger partial charge in [0, 0.05) is 23.8 Å². The number of sulfonamides is 1. The summed E-state index contributed by atoms with van der Waals surface area (Å²) < 4.78 is 32.3. The molecule has 9 heteroatoms. The molecule has 0 bridgehead atoms. The number of benzene rings is 2. The molecule has 152 valence electrons. The van der Waals surface area contributed by atoms with E-state index in [1.807, 2.05) is 19.1 Å². The molecule has 0 aliphatic carbocycles. The van der Waals surface area contributed by atoms with Crippen LogP contribution in [-0.4, -0.2) is 38.0 Å². The first-order valence-corrected chi connectivity index (χ1v) is 11.0. The van der Waals surface area contributed by atoms with E-state index >= 15 is 0 Å². The van der Waals surface area contributed by atoms with Crippen molar-refractivity contribution in [3.8, 4) is 5.75 Å². The molecule has 0 aliphatic rings. The van der Waals surface area contributed by atoms with Crippen molar-refractivity contribution in [3.05, 3.63) is 47.0 Å². The number of anilines is 2. The number of hydrogen-bond donors (Lipinski definition) is 2. The van der Waals surface area contributed by atoms with Crippen LogP contribution in [0.5, 0.6) is 5.75 Å². The Labute approximate surface area is 176 Å². The van der Waals surface area contributed by atoms with Gasteiger partial charge < -0.3 is 15.4 Å². The fourth-order valence-electron chi connectivity index (χ4n) is 2.68. The maximum Gasteiger partial charge on any atom is 0.243 e. The van der Waals surface area contributed by atoms with Crippen LogP contribution in [0.15, 0.2) is 41.3 Å². The SMILES string of the molecule is CCN(CC)S(=O)(=O)c1ccc(OC)c(NC(=S)Nc2cccc(Cl)c2C)c1. The van der Waals surface area contributed by atoms with E-state index in [0.29, 0.717) is 34.7 Å². The molecular weight excluding hydrogens is 418 g/mol. The second-order valence-electron chi connectivity index (χ2n) is 5.94. The third kappa shape index (κ3) is 4.94. The zero-order chi connectivity index (χ0) is 20.9. The van der Waals surface area contributed by atoms with Gasteiger partial charge in [0.15, 0.2) is 5.11 Å². The molecule has 28 heavy (non-hydrogen) atoms. The summed E-state index contributed by atoms with van der Waals surface area (Å²) in [7, 11) is -2.09.